The molecule has 0 radical (unpaired) electrons. The molecule has 0 aliphatic rings. The normalized spacial score (nSPS) is 10.1. The second-order valence-electron chi connectivity index (χ2n) is 3.52. The molecule has 1 aromatic heterocycles. The molecule has 0 atom stereocenters. The summed E-state index contributed by atoms with van der Waals surface area (Å²) in [6.45, 7) is 0. The van der Waals surface area contributed by atoms with Crippen molar-refractivity contribution in [1.29, 1.82) is 0 Å². The number of carbonyl (C=O) groups is 1. The highest BCUT2D eigenvalue weighted by atomic mass is 35.5. The summed E-state index contributed by atoms with van der Waals surface area (Å²) in [6.07, 6.45) is 1.86. The van der Waals surface area contributed by atoms with E-state index in [2.05, 4.69) is 15.3 Å². The minimum atomic E-state index is 0.0911. The largest absolute Gasteiger partial charge is 0.495 e. The first-order chi connectivity index (χ1) is 9.15. The number of methoxy groups -OCH3 is 1. The van der Waals surface area contributed by atoms with Gasteiger partial charge in [-0.25, -0.2) is 9.97 Å². The number of rotatable bonds is 4. The van der Waals surface area contributed by atoms with E-state index in [-0.39, 0.29) is 10.7 Å². The van der Waals surface area contributed by atoms with E-state index in [9.17, 15) is 4.79 Å². The van der Waals surface area contributed by atoms with Gasteiger partial charge in [0.25, 0.3) is 0 Å². The van der Waals surface area contributed by atoms with Gasteiger partial charge in [-0.05, 0) is 12.1 Å². The number of hydrogen-bond donors (Lipinski definition) is 1. The first kappa shape index (κ1) is 13.6. The molecule has 1 heterocycles. The number of ether oxygens (including phenoxy) is 1. The molecule has 0 unspecified atom stereocenters. The molecule has 0 spiro atoms. The minimum Gasteiger partial charge on any atom is -0.495 e. The molecule has 0 aliphatic heterocycles. The number of nitrogens with zero attached hydrogens (tertiary/aromatic N) is 2. The summed E-state index contributed by atoms with van der Waals surface area (Å²) < 4.78 is 5.10. The van der Waals surface area contributed by atoms with Crippen LogP contribution in [0, 0.1) is 0 Å². The van der Waals surface area contributed by atoms with Gasteiger partial charge in [0.15, 0.2) is 6.29 Å². The van der Waals surface area contributed by atoms with Crippen LogP contribution >= 0.6 is 23.2 Å². The first-order valence-corrected chi connectivity index (χ1v) is 5.97. The summed E-state index contributed by atoms with van der Waals surface area (Å²) in [5, 5.41) is 3.54. The van der Waals surface area contributed by atoms with Crippen LogP contribution in [0.4, 0.5) is 11.5 Å². The van der Waals surface area contributed by atoms with E-state index in [0.29, 0.717) is 28.6 Å². The van der Waals surface area contributed by atoms with Crippen molar-refractivity contribution in [3.63, 3.8) is 0 Å². The van der Waals surface area contributed by atoms with Gasteiger partial charge >= 0.3 is 0 Å². The van der Waals surface area contributed by atoms with Gasteiger partial charge in [-0.15, -0.1) is 0 Å². The quantitative estimate of drug-likeness (QED) is 0.692. The summed E-state index contributed by atoms with van der Waals surface area (Å²) in [5.41, 5.74) is 0.859. The fourth-order valence-electron chi connectivity index (χ4n) is 1.45. The maximum atomic E-state index is 11.0. The van der Waals surface area contributed by atoms with Crippen LogP contribution in [-0.2, 0) is 0 Å². The van der Waals surface area contributed by atoms with Crippen molar-refractivity contribution in [2.24, 2.45) is 0 Å². The number of benzene rings is 1. The zero-order valence-corrected chi connectivity index (χ0v) is 11.4. The van der Waals surface area contributed by atoms with E-state index >= 15 is 0 Å². The maximum absolute atomic E-state index is 11.0. The molecular formula is C12H9Cl2N3O2. The van der Waals surface area contributed by atoms with Crippen LogP contribution in [0.3, 0.4) is 0 Å². The third kappa shape index (κ3) is 2.94. The van der Waals surface area contributed by atoms with E-state index in [1.54, 1.807) is 18.2 Å². The smallest absolute Gasteiger partial charge is 0.156 e. The molecule has 1 N–H and O–H groups in total. The Kier molecular flexibility index (Phi) is 4.19. The van der Waals surface area contributed by atoms with Crippen LogP contribution in [0.5, 0.6) is 5.75 Å². The third-order valence-electron chi connectivity index (χ3n) is 2.37. The summed E-state index contributed by atoms with van der Waals surface area (Å²) in [6, 6.07) is 5.09. The van der Waals surface area contributed by atoms with Crippen molar-refractivity contribution in [3.05, 3.63) is 40.3 Å². The Morgan fingerprint density at radius 1 is 1.32 bits per heavy atom. The predicted molar refractivity (Wildman–Crippen MR) is 73.7 cm³/mol. The Balaban J connectivity index is 2.36. The molecule has 0 fully saturated rings. The lowest BCUT2D eigenvalue weighted by atomic mass is 10.2. The van der Waals surface area contributed by atoms with Gasteiger partial charge in [-0.1, -0.05) is 23.2 Å². The summed E-state index contributed by atoms with van der Waals surface area (Å²) in [5.74, 6) is 0.832. The summed E-state index contributed by atoms with van der Waals surface area (Å²) in [7, 11) is 1.52. The van der Waals surface area contributed by atoms with Crippen molar-refractivity contribution >= 4 is 41.0 Å². The predicted octanol–water partition coefficient (Wildman–Crippen LogP) is 3.35. The van der Waals surface area contributed by atoms with Gasteiger partial charge in [0, 0.05) is 11.8 Å². The van der Waals surface area contributed by atoms with Crippen LogP contribution in [0.15, 0.2) is 24.5 Å². The topological polar surface area (TPSA) is 64.1 Å². The molecule has 0 amide bonds. The average Bonchev–Trinajstić information content (AvgIpc) is 2.41. The average molecular weight is 298 g/mol. The minimum absolute atomic E-state index is 0.0911. The van der Waals surface area contributed by atoms with Gasteiger partial charge in [-0.3, -0.25) is 4.79 Å². The van der Waals surface area contributed by atoms with Gasteiger partial charge in [0.05, 0.1) is 17.7 Å². The van der Waals surface area contributed by atoms with E-state index < -0.39 is 0 Å². The summed E-state index contributed by atoms with van der Waals surface area (Å²) in [4.78, 5) is 18.7. The number of nitrogens with one attached hydrogen (secondary N) is 1. The van der Waals surface area contributed by atoms with Crippen molar-refractivity contribution in [3.8, 4) is 5.75 Å². The van der Waals surface area contributed by atoms with Crippen molar-refractivity contribution in [2.45, 2.75) is 0 Å². The fraction of sp³-hybridized carbons (Fsp3) is 0.0833. The first-order valence-electron chi connectivity index (χ1n) is 5.22. The van der Waals surface area contributed by atoms with E-state index in [1.807, 2.05) is 0 Å². The number of carbonyl (C=O) groups excluding carboxylic acids is 1. The zero-order chi connectivity index (χ0) is 13.8. The molecule has 7 heteroatoms. The van der Waals surface area contributed by atoms with E-state index in [0.717, 1.165) is 0 Å². The number of halogens is 2. The highest BCUT2D eigenvalue weighted by Crippen LogP contribution is 2.29. The lowest BCUT2D eigenvalue weighted by Gasteiger charge is -2.10. The third-order valence-corrected chi connectivity index (χ3v) is 2.98. The Labute approximate surface area is 119 Å². The molecule has 0 bridgehead atoms. The van der Waals surface area contributed by atoms with Gasteiger partial charge in [0.1, 0.15) is 23.0 Å². The number of aldehydes is 1. The van der Waals surface area contributed by atoms with E-state index in [1.165, 1.54) is 13.4 Å². The zero-order valence-electron chi connectivity index (χ0n) is 9.85. The number of hydrogen-bond acceptors (Lipinski definition) is 5. The van der Waals surface area contributed by atoms with Crippen molar-refractivity contribution in [1.82, 2.24) is 9.97 Å². The van der Waals surface area contributed by atoms with Gasteiger partial charge in [0.2, 0.25) is 0 Å². The standard InChI is InChI=1S/C12H9Cl2N3O2/c1-19-10-4-7(2-3-9(10)13)17-12-8(5-18)11(14)15-6-16-12/h2-6H,1H3,(H,15,16,17). The molecule has 19 heavy (non-hydrogen) atoms. The molecule has 98 valence electrons. The van der Waals surface area contributed by atoms with Crippen LogP contribution in [-0.4, -0.2) is 23.4 Å². The molecular weight excluding hydrogens is 289 g/mol. The van der Waals surface area contributed by atoms with Crippen LogP contribution in [0.25, 0.3) is 0 Å². The number of anilines is 2. The second kappa shape index (κ2) is 5.86. The molecule has 0 saturated carbocycles. The van der Waals surface area contributed by atoms with Crippen molar-refractivity contribution < 1.29 is 9.53 Å². The molecule has 2 aromatic rings. The maximum Gasteiger partial charge on any atom is 0.156 e. The van der Waals surface area contributed by atoms with Gasteiger partial charge in [-0.2, -0.15) is 0 Å². The highest BCUT2D eigenvalue weighted by molar-refractivity contribution is 6.32. The summed E-state index contributed by atoms with van der Waals surface area (Å²) >= 11 is 11.7. The molecule has 0 saturated heterocycles. The molecule has 0 aliphatic carbocycles. The number of aromatic nitrogens is 2. The Morgan fingerprint density at radius 2 is 2.11 bits per heavy atom. The molecule has 5 nitrogen and oxygen atoms in total. The van der Waals surface area contributed by atoms with E-state index in [4.69, 9.17) is 27.9 Å². The highest BCUT2D eigenvalue weighted by Gasteiger charge is 2.10. The lowest BCUT2D eigenvalue weighted by molar-refractivity contribution is 0.112. The monoisotopic (exact) mass is 297 g/mol. The van der Waals surface area contributed by atoms with Gasteiger partial charge < -0.3 is 10.1 Å². The Morgan fingerprint density at radius 3 is 2.79 bits per heavy atom. The fourth-order valence-corrected chi connectivity index (χ4v) is 1.82. The van der Waals surface area contributed by atoms with Crippen LogP contribution in [0.1, 0.15) is 10.4 Å². The van der Waals surface area contributed by atoms with Crippen LogP contribution < -0.4 is 10.1 Å². The Bertz CT molecular complexity index is 620. The van der Waals surface area contributed by atoms with Crippen LogP contribution in [0.2, 0.25) is 10.2 Å². The molecule has 1 aromatic carbocycles. The lowest BCUT2D eigenvalue weighted by Crippen LogP contribution is -2.00. The molecule has 2 rings (SSSR count). The van der Waals surface area contributed by atoms with Crippen molar-refractivity contribution in [2.75, 3.05) is 12.4 Å². The second-order valence-corrected chi connectivity index (χ2v) is 4.28. The SMILES string of the molecule is COc1cc(Nc2ncnc(Cl)c2C=O)ccc1Cl. The Hall–Kier alpha value is -1.85.